The SMILES string of the molecule is O=C(Nc1cccc(C#CCO)n1)c1ccc[nH]c1=O. The summed E-state index contributed by atoms with van der Waals surface area (Å²) in [4.78, 5) is 29.9. The normalized spacial score (nSPS) is 9.45. The van der Waals surface area contributed by atoms with Crippen molar-refractivity contribution in [3.8, 4) is 11.8 Å². The van der Waals surface area contributed by atoms with Crippen LogP contribution in [0.15, 0.2) is 41.3 Å². The molecule has 0 atom stereocenters. The van der Waals surface area contributed by atoms with E-state index in [1.165, 1.54) is 12.3 Å². The number of amides is 1. The third-order valence-electron chi connectivity index (χ3n) is 2.35. The third kappa shape index (κ3) is 3.31. The fraction of sp³-hybridized carbons (Fsp3) is 0.0714. The lowest BCUT2D eigenvalue weighted by atomic mass is 10.2. The Labute approximate surface area is 114 Å². The molecule has 2 aromatic heterocycles. The summed E-state index contributed by atoms with van der Waals surface area (Å²) in [7, 11) is 0. The minimum Gasteiger partial charge on any atom is -0.384 e. The second kappa shape index (κ2) is 6.31. The highest BCUT2D eigenvalue weighted by Gasteiger charge is 2.10. The van der Waals surface area contributed by atoms with Crippen LogP contribution in [0, 0.1) is 11.8 Å². The first kappa shape index (κ1) is 13.5. The van der Waals surface area contributed by atoms with Crippen molar-refractivity contribution < 1.29 is 9.90 Å². The highest BCUT2D eigenvalue weighted by molar-refractivity contribution is 6.03. The van der Waals surface area contributed by atoms with Crippen LogP contribution in [0.3, 0.4) is 0 Å². The molecule has 100 valence electrons. The molecule has 6 heteroatoms. The Bertz CT molecular complexity index is 741. The van der Waals surface area contributed by atoms with Gasteiger partial charge in [0.05, 0.1) is 0 Å². The molecule has 2 rings (SSSR count). The fourth-order valence-corrected chi connectivity index (χ4v) is 1.49. The monoisotopic (exact) mass is 269 g/mol. The van der Waals surface area contributed by atoms with Crippen molar-refractivity contribution in [2.24, 2.45) is 0 Å². The minimum absolute atomic E-state index is 0.00106. The number of hydrogen-bond acceptors (Lipinski definition) is 4. The number of pyridine rings is 2. The van der Waals surface area contributed by atoms with Gasteiger partial charge in [-0.2, -0.15) is 0 Å². The average Bonchev–Trinajstić information content (AvgIpc) is 2.46. The van der Waals surface area contributed by atoms with Gasteiger partial charge in [0.25, 0.3) is 11.5 Å². The molecular weight excluding hydrogens is 258 g/mol. The lowest BCUT2D eigenvalue weighted by Crippen LogP contribution is -2.22. The van der Waals surface area contributed by atoms with Crippen molar-refractivity contribution >= 4 is 11.7 Å². The number of aliphatic hydroxyl groups excluding tert-OH is 1. The molecule has 2 aromatic rings. The maximum atomic E-state index is 11.9. The van der Waals surface area contributed by atoms with Gasteiger partial charge in [-0.3, -0.25) is 9.59 Å². The van der Waals surface area contributed by atoms with E-state index < -0.39 is 11.5 Å². The summed E-state index contributed by atoms with van der Waals surface area (Å²) in [6, 6.07) is 7.88. The molecule has 0 aliphatic heterocycles. The van der Waals surface area contributed by atoms with Crippen LogP contribution >= 0.6 is 0 Å². The van der Waals surface area contributed by atoms with Gasteiger partial charge in [-0.1, -0.05) is 12.0 Å². The van der Waals surface area contributed by atoms with E-state index in [0.717, 1.165) is 0 Å². The van der Waals surface area contributed by atoms with Gasteiger partial charge < -0.3 is 15.4 Å². The first-order valence-electron chi connectivity index (χ1n) is 5.76. The highest BCUT2D eigenvalue weighted by atomic mass is 16.2. The molecule has 0 aliphatic carbocycles. The van der Waals surface area contributed by atoms with Gasteiger partial charge >= 0.3 is 0 Å². The maximum Gasteiger partial charge on any atom is 0.262 e. The molecule has 3 N–H and O–H groups in total. The first-order valence-corrected chi connectivity index (χ1v) is 5.76. The van der Waals surface area contributed by atoms with Gasteiger partial charge in [0.1, 0.15) is 23.7 Å². The Morgan fingerprint density at radius 2 is 2.20 bits per heavy atom. The van der Waals surface area contributed by atoms with Gasteiger partial charge in [0.15, 0.2) is 0 Å². The molecule has 0 radical (unpaired) electrons. The second-order valence-electron chi connectivity index (χ2n) is 3.74. The lowest BCUT2D eigenvalue weighted by Gasteiger charge is -2.03. The third-order valence-corrected chi connectivity index (χ3v) is 2.35. The van der Waals surface area contributed by atoms with Crippen LogP contribution < -0.4 is 10.9 Å². The number of carbonyl (C=O) groups is 1. The Hall–Kier alpha value is -2.91. The summed E-state index contributed by atoms with van der Waals surface area (Å²) >= 11 is 0. The summed E-state index contributed by atoms with van der Waals surface area (Å²) in [5.74, 6) is 4.82. The van der Waals surface area contributed by atoms with E-state index in [9.17, 15) is 9.59 Å². The number of anilines is 1. The molecule has 20 heavy (non-hydrogen) atoms. The number of nitrogens with one attached hydrogen (secondary N) is 2. The molecule has 0 saturated heterocycles. The molecule has 0 saturated carbocycles. The molecule has 0 aliphatic rings. The van der Waals surface area contributed by atoms with Crippen molar-refractivity contribution in [2.45, 2.75) is 0 Å². The van der Waals surface area contributed by atoms with Gasteiger partial charge in [-0.15, -0.1) is 0 Å². The van der Waals surface area contributed by atoms with Gasteiger partial charge in [-0.25, -0.2) is 4.98 Å². The fourth-order valence-electron chi connectivity index (χ4n) is 1.49. The summed E-state index contributed by atoms with van der Waals surface area (Å²) in [5, 5.41) is 11.1. The molecule has 2 heterocycles. The molecular formula is C14H11N3O3. The predicted octanol–water partition coefficient (Wildman–Crippen LogP) is 0.366. The minimum atomic E-state index is -0.549. The van der Waals surface area contributed by atoms with E-state index in [1.807, 2.05) is 0 Å². The largest absolute Gasteiger partial charge is 0.384 e. The molecule has 6 nitrogen and oxygen atoms in total. The predicted molar refractivity (Wildman–Crippen MR) is 73.2 cm³/mol. The Morgan fingerprint density at radius 1 is 1.35 bits per heavy atom. The van der Waals surface area contributed by atoms with E-state index >= 15 is 0 Å². The molecule has 0 unspecified atom stereocenters. The molecule has 0 bridgehead atoms. The zero-order valence-corrected chi connectivity index (χ0v) is 10.4. The molecule has 0 fully saturated rings. The summed E-state index contributed by atoms with van der Waals surface area (Å²) in [6.07, 6.45) is 1.45. The number of H-pyrrole nitrogens is 1. The number of aliphatic hydroxyl groups is 1. The van der Waals surface area contributed by atoms with E-state index in [1.54, 1.807) is 24.3 Å². The van der Waals surface area contributed by atoms with Gasteiger partial charge in [0.2, 0.25) is 0 Å². The zero-order chi connectivity index (χ0) is 14.4. The van der Waals surface area contributed by atoms with Gasteiger partial charge in [-0.05, 0) is 30.2 Å². The average molecular weight is 269 g/mol. The Balaban J connectivity index is 2.20. The van der Waals surface area contributed by atoms with Crippen LogP contribution in [0.5, 0.6) is 0 Å². The molecule has 0 spiro atoms. The highest BCUT2D eigenvalue weighted by Crippen LogP contribution is 2.05. The number of hydrogen-bond donors (Lipinski definition) is 3. The van der Waals surface area contributed by atoms with Crippen molar-refractivity contribution in [1.29, 1.82) is 0 Å². The van der Waals surface area contributed by atoms with E-state index in [-0.39, 0.29) is 18.0 Å². The smallest absolute Gasteiger partial charge is 0.262 e. The van der Waals surface area contributed by atoms with Crippen molar-refractivity contribution in [1.82, 2.24) is 9.97 Å². The topological polar surface area (TPSA) is 95.1 Å². The zero-order valence-electron chi connectivity index (χ0n) is 10.4. The van der Waals surface area contributed by atoms with Crippen LogP contribution in [0.1, 0.15) is 16.1 Å². The second-order valence-corrected chi connectivity index (χ2v) is 3.74. The van der Waals surface area contributed by atoms with E-state index in [2.05, 4.69) is 27.1 Å². The summed E-state index contributed by atoms with van der Waals surface area (Å²) in [5.41, 5.74) is -0.0545. The van der Waals surface area contributed by atoms with Gasteiger partial charge in [0, 0.05) is 6.20 Å². The number of aromatic nitrogens is 2. The van der Waals surface area contributed by atoms with E-state index in [0.29, 0.717) is 5.69 Å². The Kier molecular flexibility index (Phi) is 4.27. The molecule has 0 aromatic carbocycles. The number of aromatic amines is 1. The summed E-state index contributed by atoms with van der Waals surface area (Å²) in [6.45, 7) is -0.266. The standard InChI is InChI=1S/C14H11N3O3/c18-9-3-5-10-4-1-7-12(16-10)17-14(20)11-6-2-8-15-13(11)19/h1-2,4,6-8,18H,9H2,(H,15,19)(H,16,17,20). The number of carbonyl (C=O) groups excluding carboxylic acids is 1. The van der Waals surface area contributed by atoms with Crippen molar-refractivity contribution in [3.63, 3.8) is 0 Å². The van der Waals surface area contributed by atoms with E-state index in [4.69, 9.17) is 5.11 Å². The van der Waals surface area contributed by atoms with Crippen molar-refractivity contribution in [2.75, 3.05) is 11.9 Å². The number of nitrogens with zero attached hydrogens (tertiary/aromatic N) is 1. The van der Waals surface area contributed by atoms with Crippen LogP contribution in [0.25, 0.3) is 0 Å². The van der Waals surface area contributed by atoms with Crippen LogP contribution in [0.4, 0.5) is 5.82 Å². The molecule has 1 amide bonds. The Morgan fingerprint density at radius 3 is 2.95 bits per heavy atom. The van der Waals surface area contributed by atoms with Crippen LogP contribution in [-0.4, -0.2) is 27.6 Å². The van der Waals surface area contributed by atoms with Crippen molar-refractivity contribution in [3.05, 3.63) is 58.1 Å². The van der Waals surface area contributed by atoms with Crippen LogP contribution in [-0.2, 0) is 0 Å². The quantitative estimate of drug-likeness (QED) is 0.686. The number of rotatable bonds is 2. The van der Waals surface area contributed by atoms with Crippen LogP contribution in [0.2, 0.25) is 0 Å². The summed E-state index contributed by atoms with van der Waals surface area (Å²) < 4.78 is 0. The maximum absolute atomic E-state index is 11.9. The first-order chi connectivity index (χ1) is 9.70. The lowest BCUT2D eigenvalue weighted by molar-refractivity contribution is 0.102.